The maximum Gasteiger partial charge on any atom is 0.152 e. The summed E-state index contributed by atoms with van der Waals surface area (Å²) in [5.74, 6) is 1.42. The zero-order valence-electron chi connectivity index (χ0n) is 13.5. The summed E-state index contributed by atoms with van der Waals surface area (Å²) in [6.45, 7) is 0.499. The molecule has 1 aliphatic carbocycles. The first-order valence-electron chi connectivity index (χ1n) is 8.43. The lowest BCUT2D eigenvalue weighted by Gasteiger charge is -2.33. The van der Waals surface area contributed by atoms with Gasteiger partial charge in [-0.3, -0.25) is 0 Å². The van der Waals surface area contributed by atoms with Crippen LogP contribution < -0.4 is 5.73 Å². The van der Waals surface area contributed by atoms with Crippen molar-refractivity contribution in [3.05, 3.63) is 30.1 Å². The molecule has 0 aliphatic heterocycles. The van der Waals surface area contributed by atoms with Crippen molar-refractivity contribution >= 4 is 39.4 Å². The molecule has 0 atom stereocenters. The van der Waals surface area contributed by atoms with E-state index in [4.69, 9.17) is 17.3 Å². The molecule has 1 aromatic carbocycles. The van der Waals surface area contributed by atoms with E-state index >= 15 is 0 Å². The molecule has 3 N–H and O–H groups in total. The Kier molecular flexibility index (Phi) is 3.85. The number of hydrogen-bond donors (Lipinski definition) is 2. The molecule has 6 heteroatoms. The van der Waals surface area contributed by atoms with E-state index < -0.39 is 5.60 Å². The van der Waals surface area contributed by atoms with E-state index in [1.807, 2.05) is 28.8 Å². The summed E-state index contributed by atoms with van der Waals surface area (Å²) in [5, 5.41) is 12.0. The molecular formula is C18H21ClN4O. The van der Waals surface area contributed by atoms with Gasteiger partial charge in [0.1, 0.15) is 11.3 Å². The highest BCUT2D eigenvalue weighted by Gasteiger charge is 2.31. The standard InChI is InChI=1S/C18H21ClN4O/c19-10-14-22-15-16(12-6-2-3-7-13(12)21-17(15)20)23(14)11-18(24)8-4-1-5-9-18/h2-3,6-7,24H,1,4-5,8-11H2,(H2,20,21). The number of nitrogen functional groups attached to an aromatic ring is 1. The van der Waals surface area contributed by atoms with E-state index in [9.17, 15) is 5.11 Å². The van der Waals surface area contributed by atoms with Gasteiger partial charge >= 0.3 is 0 Å². The Morgan fingerprint density at radius 2 is 1.92 bits per heavy atom. The maximum absolute atomic E-state index is 11.0. The van der Waals surface area contributed by atoms with Crippen LogP contribution >= 0.6 is 11.6 Å². The van der Waals surface area contributed by atoms with Crippen molar-refractivity contribution in [1.82, 2.24) is 14.5 Å². The Balaban J connectivity index is 1.95. The molecule has 2 aromatic heterocycles. The number of nitrogens with zero attached hydrogens (tertiary/aromatic N) is 3. The quantitative estimate of drug-likeness (QED) is 0.712. The molecule has 4 rings (SSSR count). The largest absolute Gasteiger partial charge is 0.388 e. The first kappa shape index (κ1) is 15.7. The monoisotopic (exact) mass is 344 g/mol. The predicted octanol–water partition coefficient (Wildman–Crippen LogP) is 3.60. The molecule has 5 nitrogen and oxygen atoms in total. The number of alkyl halides is 1. The number of rotatable bonds is 3. The normalized spacial score (nSPS) is 17.6. The van der Waals surface area contributed by atoms with Crippen LogP contribution in [0.4, 0.5) is 5.82 Å². The van der Waals surface area contributed by atoms with Gasteiger partial charge in [-0.2, -0.15) is 0 Å². The van der Waals surface area contributed by atoms with E-state index in [-0.39, 0.29) is 5.88 Å². The Morgan fingerprint density at radius 1 is 1.17 bits per heavy atom. The van der Waals surface area contributed by atoms with Crippen LogP contribution in [0, 0.1) is 0 Å². The number of hydrogen-bond acceptors (Lipinski definition) is 4. The van der Waals surface area contributed by atoms with Crippen LogP contribution in [0.25, 0.3) is 21.9 Å². The molecule has 24 heavy (non-hydrogen) atoms. The van der Waals surface area contributed by atoms with Gasteiger partial charge < -0.3 is 15.4 Å². The van der Waals surface area contributed by atoms with Crippen LogP contribution in [0.3, 0.4) is 0 Å². The number of pyridine rings is 1. The number of para-hydroxylation sites is 1. The van der Waals surface area contributed by atoms with Gasteiger partial charge in [0, 0.05) is 5.39 Å². The molecule has 0 amide bonds. The molecule has 0 unspecified atom stereocenters. The second kappa shape index (κ2) is 5.90. The number of aliphatic hydroxyl groups is 1. The fraction of sp³-hybridized carbons (Fsp3) is 0.444. The third-order valence-corrected chi connectivity index (χ3v) is 5.28. The van der Waals surface area contributed by atoms with Crippen molar-refractivity contribution in [2.45, 2.75) is 50.1 Å². The minimum absolute atomic E-state index is 0.276. The van der Waals surface area contributed by atoms with Gasteiger partial charge in [-0.15, -0.1) is 11.6 Å². The topological polar surface area (TPSA) is 77.0 Å². The van der Waals surface area contributed by atoms with E-state index in [0.29, 0.717) is 17.9 Å². The minimum Gasteiger partial charge on any atom is -0.388 e. The van der Waals surface area contributed by atoms with Gasteiger partial charge in [0.05, 0.1) is 29.1 Å². The maximum atomic E-state index is 11.0. The molecule has 0 bridgehead atoms. The van der Waals surface area contributed by atoms with Crippen molar-refractivity contribution in [1.29, 1.82) is 0 Å². The van der Waals surface area contributed by atoms with Gasteiger partial charge in [-0.05, 0) is 18.9 Å². The third kappa shape index (κ3) is 2.52. The molecule has 0 spiro atoms. The predicted molar refractivity (Wildman–Crippen MR) is 97.0 cm³/mol. The average molecular weight is 345 g/mol. The molecule has 0 saturated heterocycles. The van der Waals surface area contributed by atoms with Gasteiger partial charge in [0.15, 0.2) is 5.82 Å². The van der Waals surface area contributed by atoms with E-state index in [0.717, 1.165) is 47.9 Å². The highest BCUT2D eigenvalue weighted by Crippen LogP contribution is 2.34. The van der Waals surface area contributed by atoms with Crippen LogP contribution in [0.2, 0.25) is 0 Å². The number of anilines is 1. The Morgan fingerprint density at radius 3 is 2.67 bits per heavy atom. The summed E-state index contributed by atoms with van der Waals surface area (Å²) in [4.78, 5) is 9.06. The SMILES string of the molecule is Nc1nc2ccccc2c2c1nc(CCl)n2CC1(O)CCCCC1. The van der Waals surface area contributed by atoms with Gasteiger partial charge in [0.25, 0.3) is 0 Å². The minimum atomic E-state index is -0.703. The van der Waals surface area contributed by atoms with E-state index in [1.165, 1.54) is 6.42 Å². The molecule has 126 valence electrons. The highest BCUT2D eigenvalue weighted by molar-refractivity contribution is 6.17. The van der Waals surface area contributed by atoms with E-state index in [1.54, 1.807) is 0 Å². The summed E-state index contributed by atoms with van der Waals surface area (Å²) >= 11 is 6.14. The second-order valence-corrected chi connectivity index (χ2v) is 7.01. The van der Waals surface area contributed by atoms with Crippen molar-refractivity contribution in [2.24, 2.45) is 0 Å². The van der Waals surface area contributed by atoms with Crippen LogP contribution in [-0.4, -0.2) is 25.2 Å². The first-order valence-corrected chi connectivity index (χ1v) is 8.96. The van der Waals surface area contributed by atoms with Gasteiger partial charge in [-0.1, -0.05) is 37.5 Å². The summed E-state index contributed by atoms with van der Waals surface area (Å²) in [6, 6.07) is 7.88. The Labute approximate surface area is 145 Å². The Bertz CT molecular complexity index is 899. The van der Waals surface area contributed by atoms with E-state index in [2.05, 4.69) is 9.97 Å². The van der Waals surface area contributed by atoms with Gasteiger partial charge in [0.2, 0.25) is 0 Å². The van der Waals surface area contributed by atoms with Crippen LogP contribution in [0.15, 0.2) is 24.3 Å². The lowest BCUT2D eigenvalue weighted by atomic mass is 9.85. The molecular weight excluding hydrogens is 324 g/mol. The highest BCUT2D eigenvalue weighted by atomic mass is 35.5. The fourth-order valence-electron chi connectivity index (χ4n) is 3.84. The number of halogens is 1. The van der Waals surface area contributed by atoms with Gasteiger partial charge in [-0.25, -0.2) is 9.97 Å². The van der Waals surface area contributed by atoms with Crippen molar-refractivity contribution in [3.8, 4) is 0 Å². The first-order chi connectivity index (χ1) is 11.6. The number of benzene rings is 1. The van der Waals surface area contributed by atoms with Crippen LogP contribution in [-0.2, 0) is 12.4 Å². The van der Waals surface area contributed by atoms with Crippen LogP contribution in [0.5, 0.6) is 0 Å². The molecule has 1 saturated carbocycles. The zero-order valence-corrected chi connectivity index (χ0v) is 14.3. The fourth-order valence-corrected chi connectivity index (χ4v) is 4.04. The summed E-state index contributed by atoms with van der Waals surface area (Å²) in [7, 11) is 0. The van der Waals surface area contributed by atoms with Crippen molar-refractivity contribution < 1.29 is 5.11 Å². The molecule has 1 aliphatic rings. The summed E-state index contributed by atoms with van der Waals surface area (Å²) < 4.78 is 2.05. The molecule has 0 radical (unpaired) electrons. The molecule has 2 heterocycles. The number of aromatic nitrogens is 3. The lowest BCUT2D eigenvalue weighted by Crippen LogP contribution is -2.36. The third-order valence-electron chi connectivity index (χ3n) is 5.05. The zero-order chi connectivity index (χ0) is 16.7. The molecule has 1 fully saturated rings. The second-order valence-electron chi connectivity index (χ2n) is 6.74. The molecule has 3 aromatic rings. The average Bonchev–Trinajstić information content (AvgIpc) is 2.94. The smallest absolute Gasteiger partial charge is 0.152 e. The lowest BCUT2D eigenvalue weighted by molar-refractivity contribution is -0.0110. The number of imidazole rings is 1. The van der Waals surface area contributed by atoms with Crippen molar-refractivity contribution in [2.75, 3.05) is 5.73 Å². The number of fused-ring (bicyclic) bond motifs is 3. The summed E-state index contributed by atoms with van der Waals surface area (Å²) in [5.41, 5.74) is 7.86. The Hall–Kier alpha value is -1.85. The number of nitrogens with two attached hydrogens (primary N) is 1. The van der Waals surface area contributed by atoms with Crippen LogP contribution in [0.1, 0.15) is 37.9 Å². The van der Waals surface area contributed by atoms with Crippen molar-refractivity contribution in [3.63, 3.8) is 0 Å². The summed E-state index contributed by atoms with van der Waals surface area (Å²) in [6.07, 6.45) is 4.93.